The minimum atomic E-state index is -3.92. The third-order valence-corrected chi connectivity index (χ3v) is 4.77. The summed E-state index contributed by atoms with van der Waals surface area (Å²) in [4.78, 5) is 21.6. The van der Waals surface area contributed by atoms with Gasteiger partial charge in [0, 0.05) is 18.7 Å². The van der Waals surface area contributed by atoms with E-state index in [1.807, 2.05) is 4.72 Å². The van der Waals surface area contributed by atoms with E-state index in [9.17, 15) is 18.1 Å². The van der Waals surface area contributed by atoms with Crippen LogP contribution in [0.25, 0.3) is 11.0 Å². The van der Waals surface area contributed by atoms with Gasteiger partial charge in [0.15, 0.2) is 5.52 Å². The highest BCUT2D eigenvalue weighted by atomic mass is 32.2. The molecule has 0 spiro atoms. The third kappa shape index (κ3) is 3.30. The summed E-state index contributed by atoms with van der Waals surface area (Å²) >= 11 is 0. The molecule has 0 bridgehead atoms. The fourth-order valence-electron chi connectivity index (χ4n) is 2.23. The molecule has 26 heavy (non-hydrogen) atoms. The van der Waals surface area contributed by atoms with Crippen molar-refractivity contribution in [3.63, 3.8) is 0 Å². The standard InChI is InChI=1S/C14H11N5O6S/c1-8(20)18-26(23,24)10-4-2-9(3-5-10)15-11-6-7-12(19(21)22)14-13(11)16-25-17-14/h2-7H,1H3,(H2-,15,17,18,20,21,22)/p+1. The molecule has 3 rings (SSSR count). The lowest BCUT2D eigenvalue weighted by Gasteiger charge is -2.08. The molecule has 1 heterocycles. The predicted molar refractivity (Wildman–Crippen MR) is 87.6 cm³/mol. The van der Waals surface area contributed by atoms with Gasteiger partial charge in [0.2, 0.25) is 11.4 Å². The molecule has 0 saturated heterocycles. The van der Waals surface area contributed by atoms with Crippen molar-refractivity contribution >= 4 is 44.0 Å². The number of anilines is 2. The van der Waals surface area contributed by atoms with Crippen molar-refractivity contribution in [2.45, 2.75) is 11.8 Å². The van der Waals surface area contributed by atoms with Crippen LogP contribution >= 0.6 is 0 Å². The maximum absolute atomic E-state index is 11.9. The predicted octanol–water partition coefficient (Wildman–Crippen LogP) is 1.59. The monoisotopic (exact) mass is 378 g/mol. The molecule has 0 unspecified atom stereocenters. The van der Waals surface area contributed by atoms with Gasteiger partial charge in [0.25, 0.3) is 14.9 Å². The van der Waals surface area contributed by atoms with Crippen molar-refractivity contribution in [1.82, 2.24) is 15.0 Å². The molecular weight excluding hydrogens is 366 g/mol. The highest BCUT2D eigenvalue weighted by Gasteiger charge is 2.23. The fourth-order valence-corrected chi connectivity index (χ4v) is 3.22. The van der Waals surface area contributed by atoms with E-state index < -0.39 is 15.9 Å². The first-order valence-corrected chi connectivity index (χ1v) is 8.58. The SMILES string of the molecule is CC(=O)NS(=O)(=O)c1ccc(Nc2ccc([N+](=O)O)c3nonc23)cc1. The second kappa shape index (κ2) is 6.40. The minimum Gasteiger partial charge on any atom is -0.354 e. The molecule has 1 amide bonds. The van der Waals surface area contributed by atoms with E-state index in [-0.39, 0.29) is 26.5 Å². The van der Waals surface area contributed by atoms with Crippen LogP contribution < -0.4 is 10.0 Å². The van der Waals surface area contributed by atoms with Crippen LogP contribution in [-0.2, 0) is 14.8 Å². The smallest absolute Gasteiger partial charge is 0.347 e. The van der Waals surface area contributed by atoms with Crippen LogP contribution in [0, 0.1) is 4.91 Å². The molecule has 0 aliphatic heterocycles. The zero-order valence-corrected chi connectivity index (χ0v) is 14.0. The van der Waals surface area contributed by atoms with Gasteiger partial charge >= 0.3 is 5.69 Å². The third-order valence-electron chi connectivity index (χ3n) is 3.32. The van der Waals surface area contributed by atoms with E-state index in [1.165, 1.54) is 36.4 Å². The van der Waals surface area contributed by atoms with Crippen molar-refractivity contribution < 1.29 is 28.0 Å². The lowest BCUT2D eigenvalue weighted by molar-refractivity contribution is -0.728. The Morgan fingerprint density at radius 2 is 1.77 bits per heavy atom. The molecule has 3 N–H and O–H groups in total. The molecule has 0 fully saturated rings. The normalized spacial score (nSPS) is 11.3. The number of benzene rings is 2. The Kier molecular flexibility index (Phi) is 4.26. The summed E-state index contributed by atoms with van der Waals surface area (Å²) in [5, 5.41) is 19.3. The van der Waals surface area contributed by atoms with E-state index in [4.69, 9.17) is 5.21 Å². The molecule has 12 heteroatoms. The second-order valence-corrected chi connectivity index (χ2v) is 6.86. The Morgan fingerprint density at radius 1 is 1.12 bits per heavy atom. The summed E-state index contributed by atoms with van der Waals surface area (Å²) in [6.45, 7) is 1.10. The van der Waals surface area contributed by atoms with Crippen molar-refractivity contribution in [2.24, 2.45) is 0 Å². The number of nitrogens with zero attached hydrogens (tertiary/aromatic N) is 3. The van der Waals surface area contributed by atoms with E-state index in [0.717, 1.165) is 6.92 Å². The topological polar surface area (TPSA) is 154 Å². The molecule has 0 saturated carbocycles. The van der Waals surface area contributed by atoms with Gasteiger partial charge in [-0.05, 0) is 40.6 Å². The minimum absolute atomic E-state index is 0.0531. The molecule has 2 aromatic carbocycles. The Balaban J connectivity index is 1.90. The van der Waals surface area contributed by atoms with Gasteiger partial charge in [-0.2, -0.15) is 0 Å². The number of hydrogen-bond acceptors (Lipinski definition) is 8. The van der Waals surface area contributed by atoms with E-state index in [1.54, 1.807) is 0 Å². The number of carbonyl (C=O) groups is 1. The first kappa shape index (κ1) is 17.3. The maximum atomic E-state index is 11.9. The van der Waals surface area contributed by atoms with Gasteiger partial charge in [-0.3, -0.25) is 4.79 Å². The van der Waals surface area contributed by atoms with Crippen molar-refractivity contribution in [1.29, 1.82) is 0 Å². The van der Waals surface area contributed by atoms with Crippen LogP contribution in [0.5, 0.6) is 0 Å². The summed E-state index contributed by atoms with van der Waals surface area (Å²) in [6.07, 6.45) is 0. The number of sulfonamides is 1. The van der Waals surface area contributed by atoms with Gasteiger partial charge < -0.3 is 5.32 Å². The highest BCUT2D eigenvalue weighted by molar-refractivity contribution is 7.90. The van der Waals surface area contributed by atoms with Crippen molar-refractivity contribution in [2.75, 3.05) is 5.32 Å². The van der Waals surface area contributed by atoms with Gasteiger partial charge in [-0.25, -0.2) is 23.0 Å². The molecule has 0 aliphatic rings. The summed E-state index contributed by atoms with van der Waals surface area (Å²) in [7, 11) is -3.92. The molecule has 0 radical (unpaired) electrons. The lowest BCUT2D eigenvalue weighted by Crippen LogP contribution is -2.28. The van der Waals surface area contributed by atoms with Crippen molar-refractivity contribution in [3.05, 3.63) is 41.3 Å². The van der Waals surface area contributed by atoms with E-state index in [2.05, 4.69) is 20.3 Å². The molecule has 0 atom stereocenters. The molecule has 0 aliphatic carbocycles. The Hall–Kier alpha value is -3.54. The van der Waals surface area contributed by atoms with E-state index >= 15 is 0 Å². The molecule has 3 aromatic rings. The van der Waals surface area contributed by atoms with E-state index in [0.29, 0.717) is 11.4 Å². The second-order valence-electron chi connectivity index (χ2n) is 5.18. The van der Waals surface area contributed by atoms with Crippen LogP contribution in [0.3, 0.4) is 0 Å². The van der Waals surface area contributed by atoms with Crippen molar-refractivity contribution in [3.8, 4) is 0 Å². The largest absolute Gasteiger partial charge is 0.354 e. The summed E-state index contributed by atoms with van der Waals surface area (Å²) in [5.41, 5.74) is 1.05. The van der Waals surface area contributed by atoms with Crippen LogP contribution in [0.4, 0.5) is 17.1 Å². The summed E-state index contributed by atoms with van der Waals surface area (Å²) in [6, 6.07) is 8.38. The number of nitrogens with one attached hydrogen (secondary N) is 2. The summed E-state index contributed by atoms with van der Waals surface area (Å²) in [5.74, 6) is -0.690. The number of fused-ring (bicyclic) bond motifs is 1. The van der Waals surface area contributed by atoms with Gasteiger partial charge in [-0.15, -0.1) is 0 Å². The number of carbonyl (C=O) groups excluding carboxylic acids is 1. The number of aromatic nitrogens is 2. The first-order valence-electron chi connectivity index (χ1n) is 7.10. The van der Waals surface area contributed by atoms with Crippen LogP contribution in [0.2, 0.25) is 0 Å². The fraction of sp³-hybridized carbons (Fsp3) is 0.0714. The van der Waals surface area contributed by atoms with Crippen LogP contribution in [0.1, 0.15) is 6.92 Å². The number of hydrogen-bond donors (Lipinski definition) is 3. The Bertz CT molecular complexity index is 1110. The Labute approximate surface area is 146 Å². The van der Waals surface area contributed by atoms with Crippen LogP contribution in [0.15, 0.2) is 45.9 Å². The zero-order chi connectivity index (χ0) is 18.9. The molecular formula is C14H12N5O6S+. The lowest BCUT2D eigenvalue weighted by atomic mass is 10.2. The molecule has 1 aromatic heterocycles. The summed E-state index contributed by atoms with van der Waals surface area (Å²) < 4.78 is 30.3. The number of amides is 1. The average molecular weight is 378 g/mol. The number of rotatable bonds is 5. The highest BCUT2D eigenvalue weighted by Crippen LogP contribution is 2.30. The van der Waals surface area contributed by atoms with Gasteiger partial charge in [0.1, 0.15) is 0 Å². The van der Waals surface area contributed by atoms with Gasteiger partial charge in [-0.1, -0.05) is 0 Å². The van der Waals surface area contributed by atoms with Gasteiger partial charge in [0.05, 0.1) is 15.5 Å². The molecule has 134 valence electrons. The Morgan fingerprint density at radius 3 is 2.38 bits per heavy atom. The quantitative estimate of drug-likeness (QED) is 0.561. The maximum Gasteiger partial charge on any atom is 0.347 e. The average Bonchev–Trinajstić information content (AvgIpc) is 3.04. The molecule has 11 nitrogen and oxygen atoms in total. The zero-order valence-electron chi connectivity index (χ0n) is 13.2. The van der Waals surface area contributed by atoms with Crippen LogP contribution in [-0.4, -0.2) is 34.8 Å². The first-order chi connectivity index (χ1) is 12.3.